The van der Waals surface area contributed by atoms with Gasteiger partial charge in [0.05, 0.1) is 19.3 Å². The summed E-state index contributed by atoms with van der Waals surface area (Å²) in [6.07, 6.45) is 3.57. The molecule has 1 aromatic carbocycles. The molecule has 0 atom stereocenters. The summed E-state index contributed by atoms with van der Waals surface area (Å²) in [5, 5.41) is 12.2. The van der Waals surface area contributed by atoms with Crippen LogP contribution in [-0.2, 0) is 11.3 Å². The van der Waals surface area contributed by atoms with E-state index in [0.29, 0.717) is 12.7 Å². The molecule has 1 aliphatic rings. The number of aliphatic hydroxyl groups is 1. The zero-order valence-electron chi connectivity index (χ0n) is 13.1. The summed E-state index contributed by atoms with van der Waals surface area (Å²) in [5.74, 6) is 0. The summed E-state index contributed by atoms with van der Waals surface area (Å²) < 4.78 is 5.61. The maximum Gasteiger partial charge on any atom is 0.0701 e. The van der Waals surface area contributed by atoms with Crippen molar-refractivity contribution in [3.63, 3.8) is 0 Å². The van der Waals surface area contributed by atoms with E-state index in [2.05, 4.69) is 41.4 Å². The van der Waals surface area contributed by atoms with Crippen molar-refractivity contribution in [2.75, 3.05) is 37.7 Å². The molecule has 0 radical (unpaired) electrons. The third kappa shape index (κ3) is 5.30. The molecule has 2 rings (SSSR count). The first-order valence-corrected chi connectivity index (χ1v) is 8.10. The fourth-order valence-electron chi connectivity index (χ4n) is 2.73. The van der Waals surface area contributed by atoms with Crippen molar-refractivity contribution in [3.8, 4) is 0 Å². The number of ether oxygens (including phenoxy) is 1. The number of nitrogens with zero attached hydrogens (tertiary/aromatic N) is 1. The first-order chi connectivity index (χ1) is 10.3. The first kappa shape index (κ1) is 16.3. The quantitative estimate of drug-likeness (QED) is 0.721. The average molecular weight is 292 g/mol. The van der Waals surface area contributed by atoms with Gasteiger partial charge >= 0.3 is 0 Å². The van der Waals surface area contributed by atoms with Crippen LogP contribution in [0.5, 0.6) is 0 Å². The highest BCUT2D eigenvalue weighted by Crippen LogP contribution is 2.21. The molecule has 0 spiro atoms. The number of piperidine rings is 1. The van der Waals surface area contributed by atoms with E-state index >= 15 is 0 Å². The number of nitrogens with one attached hydrogen (secondary N) is 1. The molecule has 4 nitrogen and oxygen atoms in total. The van der Waals surface area contributed by atoms with Crippen molar-refractivity contribution in [1.29, 1.82) is 0 Å². The molecule has 4 heteroatoms. The Morgan fingerprint density at radius 3 is 2.57 bits per heavy atom. The predicted molar refractivity (Wildman–Crippen MR) is 86.7 cm³/mol. The Kier molecular flexibility index (Phi) is 7.00. The van der Waals surface area contributed by atoms with E-state index in [9.17, 15) is 0 Å². The van der Waals surface area contributed by atoms with Crippen molar-refractivity contribution in [2.24, 2.45) is 0 Å². The van der Waals surface area contributed by atoms with Crippen LogP contribution in [0.25, 0.3) is 0 Å². The Morgan fingerprint density at radius 1 is 1.24 bits per heavy atom. The van der Waals surface area contributed by atoms with E-state index in [-0.39, 0.29) is 6.61 Å². The highest BCUT2D eigenvalue weighted by Gasteiger charge is 2.19. The minimum Gasteiger partial charge on any atom is -0.394 e. The summed E-state index contributed by atoms with van der Waals surface area (Å²) in [6.45, 7) is 6.85. The van der Waals surface area contributed by atoms with Gasteiger partial charge in [0.15, 0.2) is 0 Å². The van der Waals surface area contributed by atoms with Crippen LogP contribution >= 0.6 is 0 Å². The van der Waals surface area contributed by atoms with Gasteiger partial charge in [-0.15, -0.1) is 0 Å². The van der Waals surface area contributed by atoms with E-state index < -0.39 is 0 Å². The Morgan fingerprint density at radius 2 is 1.95 bits per heavy atom. The average Bonchev–Trinajstić information content (AvgIpc) is 2.54. The summed E-state index contributed by atoms with van der Waals surface area (Å²) in [5.41, 5.74) is 2.64. The standard InChI is InChI=1S/C17H28N2O2/c1-2-9-18-14-15-3-5-16(6-4-15)19-10-7-17(8-11-19)21-13-12-20/h3-6,17-18,20H,2,7-14H2,1H3. The second kappa shape index (κ2) is 9.03. The molecule has 21 heavy (non-hydrogen) atoms. The van der Waals surface area contributed by atoms with E-state index in [1.54, 1.807) is 0 Å². The van der Waals surface area contributed by atoms with Crippen molar-refractivity contribution in [3.05, 3.63) is 29.8 Å². The molecule has 1 aliphatic heterocycles. The monoisotopic (exact) mass is 292 g/mol. The van der Waals surface area contributed by atoms with Gasteiger partial charge < -0.3 is 20.1 Å². The fourth-order valence-corrected chi connectivity index (χ4v) is 2.73. The summed E-state index contributed by atoms with van der Waals surface area (Å²) in [6, 6.07) is 8.87. The van der Waals surface area contributed by atoms with Gasteiger partial charge in [-0.3, -0.25) is 0 Å². The van der Waals surface area contributed by atoms with Crippen LogP contribution in [0.3, 0.4) is 0 Å². The molecule has 2 N–H and O–H groups in total. The lowest BCUT2D eigenvalue weighted by molar-refractivity contribution is 0.0159. The van der Waals surface area contributed by atoms with Gasteiger partial charge in [-0.25, -0.2) is 0 Å². The third-order valence-electron chi connectivity index (χ3n) is 3.94. The molecule has 1 aromatic rings. The Labute approximate surface area is 128 Å². The van der Waals surface area contributed by atoms with Gasteiger partial charge in [0.1, 0.15) is 0 Å². The van der Waals surface area contributed by atoms with Crippen molar-refractivity contribution < 1.29 is 9.84 Å². The van der Waals surface area contributed by atoms with Crippen LogP contribution in [0.2, 0.25) is 0 Å². The van der Waals surface area contributed by atoms with Gasteiger partial charge in [-0.1, -0.05) is 19.1 Å². The summed E-state index contributed by atoms with van der Waals surface area (Å²) in [7, 11) is 0. The van der Waals surface area contributed by atoms with Crippen LogP contribution in [0.15, 0.2) is 24.3 Å². The molecule has 0 amide bonds. The third-order valence-corrected chi connectivity index (χ3v) is 3.94. The molecular formula is C17H28N2O2. The van der Waals surface area contributed by atoms with E-state index in [4.69, 9.17) is 9.84 Å². The summed E-state index contributed by atoms with van der Waals surface area (Å²) >= 11 is 0. The van der Waals surface area contributed by atoms with Crippen molar-refractivity contribution in [2.45, 2.75) is 38.8 Å². The Balaban J connectivity index is 1.78. The van der Waals surface area contributed by atoms with E-state index in [0.717, 1.165) is 39.0 Å². The zero-order valence-corrected chi connectivity index (χ0v) is 13.1. The first-order valence-electron chi connectivity index (χ1n) is 8.10. The molecule has 1 saturated heterocycles. The lowest BCUT2D eigenvalue weighted by atomic mass is 10.1. The van der Waals surface area contributed by atoms with Crippen LogP contribution in [-0.4, -0.2) is 44.1 Å². The number of hydrogen-bond donors (Lipinski definition) is 2. The molecule has 0 bridgehead atoms. The van der Waals surface area contributed by atoms with Gasteiger partial charge in [-0.05, 0) is 43.5 Å². The van der Waals surface area contributed by atoms with Gasteiger partial charge in [0.2, 0.25) is 0 Å². The molecule has 0 aliphatic carbocycles. The SMILES string of the molecule is CCCNCc1ccc(N2CCC(OCCO)CC2)cc1. The number of aliphatic hydroxyl groups excluding tert-OH is 1. The van der Waals surface area contributed by atoms with Gasteiger partial charge in [0, 0.05) is 25.3 Å². The molecule has 0 aromatic heterocycles. The highest BCUT2D eigenvalue weighted by atomic mass is 16.5. The fraction of sp³-hybridized carbons (Fsp3) is 0.647. The Bertz CT molecular complexity index is 386. The van der Waals surface area contributed by atoms with E-state index in [1.807, 2.05) is 0 Å². The number of hydrogen-bond acceptors (Lipinski definition) is 4. The largest absolute Gasteiger partial charge is 0.394 e. The number of rotatable bonds is 8. The molecule has 1 heterocycles. The molecule has 118 valence electrons. The smallest absolute Gasteiger partial charge is 0.0701 e. The molecule has 1 fully saturated rings. The van der Waals surface area contributed by atoms with Crippen LogP contribution < -0.4 is 10.2 Å². The molecular weight excluding hydrogens is 264 g/mol. The second-order valence-corrected chi connectivity index (χ2v) is 5.62. The number of anilines is 1. The predicted octanol–water partition coefficient (Wildman–Crippen LogP) is 2.16. The lowest BCUT2D eigenvalue weighted by Crippen LogP contribution is -2.37. The van der Waals surface area contributed by atoms with Crippen molar-refractivity contribution in [1.82, 2.24) is 5.32 Å². The van der Waals surface area contributed by atoms with Crippen LogP contribution in [0, 0.1) is 0 Å². The minimum absolute atomic E-state index is 0.119. The minimum atomic E-state index is 0.119. The topological polar surface area (TPSA) is 44.7 Å². The highest BCUT2D eigenvalue weighted by molar-refractivity contribution is 5.48. The van der Waals surface area contributed by atoms with Gasteiger partial charge in [-0.2, -0.15) is 0 Å². The maximum atomic E-state index is 8.79. The maximum absolute atomic E-state index is 8.79. The van der Waals surface area contributed by atoms with Crippen LogP contribution in [0.4, 0.5) is 5.69 Å². The van der Waals surface area contributed by atoms with E-state index in [1.165, 1.54) is 17.7 Å². The normalized spacial score (nSPS) is 16.4. The van der Waals surface area contributed by atoms with Crippen molar-refractivity contribution >= 4 is 5.69 Å². The summed E-state index contributed by atoms with van der Waals surface area (Å²) in [4.78, 5) is 2.42. The van der Waals surface area contributed by atoms with Gasteiger partial charge in [0.25, 0.3) is 0 Å². The van der Waals surface area contributed by atoms with Crippen LogP contribution in [0.1, 0.15) is 31.7 Å². The number of benzene rings is 1. The Hall–Kier alpha value is -1.10. The molecule has 0 unspecified atom stereocenters. The lowest BCUT2D eigenvalue weighted by Gasteiger charge is -2.33. The zero-order chi connectivity index (χ0) is 14.9. The second-order valence-electron chi connectivity index (χ2n) is 5.62. The molecule has 0 saturated carbocycles.